The molecule has 0 aromatic heterocycles. The summed E-state index contributed by atoms with van der Waals surface area (Å²) in [5, 5.41) is 0. The lowest BCUT2D eigenvalue weighted by Gasteiger charge is -2.20. The van der Waals surface area contributed by atoms with Crippen LogP contribution in [0.25, 0.3) is 0 Å². The normalized spacial score (nSPS) is 13.2. The molecule has 0 saturated heterocycles. The van der Waals surface area contributed by atoms with Gasteiger partial charge in [-0.25, -0.2) is 4.57 Å². The number of carbonyl (C=O) groups excluding carboxylic acids is 1. The van der Waals surface area contributed by atoms with Crippen molar-refractivity contribution in [3.8, 4) is 0 Å². The van der Waals surface area contributed by atoms with Gasteiger partial charge in [0, 0.05) is 19.6 Å². The lowest BCUT2D eigenvalue weighted by molar-refractivity contribution is -0.154. The fourth-order valence-electron chi connectivity index (χ4n) is 7.77. The van der Waals surface area contributed by atoms with E-state index in [1.807, 2.05) is 0 Å². The highest BCUT2D eigenvalue weighted by Crippen LogP contribution is 2.43. The largest absolute Gasteiger partial charge is 0.472 e. The second-order valence-corrected chi connectivity index (χ2v) is 18.9. The molecule has 0 bridgehead atoms. The predicted octanol–water partition coefficient (Wildman–Crippen LogP) is 15.7. The average Bonchev–Trinajstić information content (AvgIpc) is 3.21. The van der Waals surface area contributed by atoms with Crippen molar-refractivity contribution >= 4 is 13.8 Å². The minimum atomic E-state index is -4.27. The van der Waals surface area contributed by atoms with Crippen LogP contribution in [0.15, 0.2) is 0 Å². The van der Waals surface area contributed by atoms with Crippen molar-refractivity contribution in [3.05, 3.63) is 0 Å². The molecule has 8 nitrogen and oxygen atoms in total. The van der Waals surface area contributed by atoms with Crippen LogP contribution in [-0.4, -0.2) is 49.9 Å². The Labute approximate surface area is 361 Å². The first-order valence-corrected chi connectivity index (χ1v) is 27.0. The topological polar surface area (TPSA) is 117 Å². The molecule has 0 aromatic rings. The van der Waals surface area contributed by atoms with E-state index in [0.29, 0.717) is 13.0 Å². The molecule has 348 valence electrons. The van der Waals surface area contributed by atoms with E-state index >= 15 is 0 Å². The van der Waals surface area contributed by atoms with E-state index in [1.165, 1.54) is 218 Å². The molecule has 9 heteroatoms. The third kappa shape index (κ3) is 46.6. The zero-order valence-electron chi connectivity index (χ0n) is 38.8. The minimum Gasteiger partial charge on any atom is -0.457 e. The van der Waals surface area contributed by atoms with Gasteiger partial charge in [0.15, 0.2) is 0 Å². The number of unbranched alkanes of at least 4 members (excludes halogenated alkanes) is 37. The van der Waals surface area contributed by atoms with Crippen molar-refractivity contribution in [2.45, 2.75) is 277 Å². The molecular formula is C49H100NO7P. The third-order valence-corrected chi connectivity index (χ3v) is 12.5. The van der Waals surface area contributed by atoms with Crippen molar-refractivity contribution < 1.29 is 32.8 Å². The van der Waals surface area contributed by atoms with Crippen LogP contribution in [-0.2, 0) is 27.9 Å². The van der Waals surface area contributed by atoms with Crippen LogP contribution in [0.1, 0.15) is 271 Å². The van der Waals surface area contributed by atoms with Crippen LogP contribution in [0.3, 0.4) is 0 Å². The molecule has 0 aromatic carbocycles. The summed E-state index contributed by atoms with van der Waals surface area (Å²) in [7, 11) is -4.27. The molecule has 2 atom stereocenters. The van der Waals surface area contributed by atoms with Crippen LogP contribution in [0.4, 0.5) is 0 Å². The van der Waals surface area contributed by atoms with Gasteiger partial charge in [-0.05, 0) is 12.8 Å². The molecule has 2 unspecified atom stereocenters. The molecule has 3 N–H and O–H groups in total. The Kier molecular flexibility index (Phi) is 47.1. The first-order valence-electron chi connectivity index (χ1n) is 25.5. The lowest BCUT2D eigenvalue weighted by Crippen LogP contribution is -2.28. The van der Waals surface area contributed by atoms with Gasteiger partial charge in [0.25, 0.3) is 0 Å². The van der Waals surface area contributed by atoms with Crippen LogP contribution >= 0.6 is 7.82 Å². The maximum atomic E-state index is 12.6. The molecular weight excluding hydrogens is 746 g/mol. The quantitative estimate of drug-likeness (QED) is 0.0353. The summed E-state index contributed by atoms with van der Waals surface area (Å²) in [5.74, 6) is -0.321. The molecule has 0 heterocycles. The van der Waals surface area contributed by atoms with Crippen LogP contribution in [0.5, 0.6) is 0 Å². The van der Waals surface area contributed by atoms with Gasteiger partial charge in [-0.1, -0.05) is 251 Å². The zero-order chi connectivity index (χ0) is 42.3. The van der Waals surface area contributed by atoms with Gasteiger partial charge < -0.3 is 20.1 Å². The molecule has 0 amide bonds. The van der Waals surface area contributed by atoms with Gasteiger partial charge in [-0.15, -0.1) is 0 Å². The highest BCUT2D eigenvalue weighted by Gasteiger charge is 2.25. The fraction of sp³-hybridized carbons (Fsp3) is 0.980. The third-order valence-electron chi connectivity index (χ3n) is 11.5. The number of phosphoric ester groups is 1. The number of esters is 1. The number of ether oxygens (including phenoxy) is 2. The second kappa shape index (κ2) is 47.5. The van der Waals surface area contributed by atoms with Crippen molar-refractivity contribution in [2.75, 3.05) is 33.0 Å². The number of phosphoric acid groups is 1. The summed E-state index contributed by atoms with van der Waals surface area (Å²) < 4.78 is 33.6. The number of nitrogens with two attached hydrogens (primary N) is 1. The van der Waals surface area contributed by atoms with E-state index in [0.717, 1.165) is 32.1 Å². The Balaban J connectivity index is 3.86. The van der Waals surface area contributed by atoms with E-state index in [1.54, 1.807) is 0 Å². The summed E-state index contributed by atoms with van der Waals surface area (Å²) in [6.07, 6.45) is 51.4. The van der Waals surface area contributed by atoms with Crippen molar-refractivity contribution in [1.29, 1.82) is 0 Å². The Morgan fingerprint density at radius 1 is 0.448 bits per heavy atom. The molecule has 0 saturated carbocycles. The molecule has 0 aliphatic heterocycles. The Bertz CT molecular complexity index is 863. The number of rotatable bonds is 50. The first-order chi connectivity index (χ1) is 28.4. The highest BCUT2D eigenvalue weighted by molar-refractivity contribution is 7.47. The molecule has 0 fully saturated rings. The van der Waals surface area contributed by atoms with Crippen molar-refractivity contribution in [3.63, 3.8) is 0 Å². The van der Waals surface area contributed by atoms with Gasteiger partial charge >= 0.3 is 13.8 Å². The summed E-state index contributed by atoms with van der Waals surface area (Å²) in [5.41, 5.74) is 5.39. The van der Waals surface area contributed by atoms with E-state index in [4.69, 9.17) is 24.3 Å². The van der Waals surface area contributed by atoms with Crippen molar-refractivity contribution in [2.24, 2.45) is 5.73 Å². The van der Waals surface area contributed by atoms with E-state index in [2.05, 4.69) is 13.8 Å². The standard InChI is InChI=1S/C49H100NO7P/c1-3-5-7-9-11-13-15-17-19-21-22-23-24-25-26-27-28-30-32-34-36-38-40-42-49(51)57-48(47-56-58(52,53)55-45-43-50)46-54-44-41-39-37-35-33-31-29-20-18-16-14-12-10-8-6-4-2/h48H,3-47,50H2,1-2H3,(H,52,53). The fourth-order valence-corrected chi connectivity index (χ4v) is 8.53. The van der Waals surface area contributed by atoms with Gasteiger partial charge in [0.05, 0.1) is 19.8 Å². The van der Waals surface area contributed by atoms with Crippen LogP contribution in [0.2, 0.25) is 0 Å². The molecule has 0 rings (SSSR count). The molecule has 0 spiro atoms. The van der Waals surface area contributed by atoms with Crippen LogP contribution in [0, 0.1) is 0 Å². The Morgan fingerprint density at radius 3 is 1.09 bits per heavy atom. The van der Waals surface area contributed by atoms with E-state index in [9.17, 15) is 14.3 Å². The smallest absolute Gasteiger partial charge is 0.457 e. The first kappa shape index (κ1) is 57.5. The molecule has 0 aliphatic rings. The maximum absolute atomic E-state index is 12.6. The molecule has 0 radical (unpaired) electrons. The Morgan fingerprint density at radius 2 is 0.759 bits per heavy atom. The van der Waals surface area contributed by atoms with Crippen molar-refractivity contribution in [1.82, 2.24) is 0 Å². The van der Waals surface area contributed by atoms with Gasteiger partial charge in [0.1, 0.15) is 6.10 Å². The second-order valence-electron chi connectivity index (χ2n) is 17.4. The summed E-state index contributed by atoms with van der Waals surface area (Å²) in [6.45, 7) is 5.01. The van der Waals surface area contributed by atoms with E-state index in [-0.39, 0.29) is 32.3 Å². The number of carbonyl (C=O) groups is 1. The van der Waals surface area contributed by atoms with Crippen LogP contribution < -0.4 is 5.73 Å². The van der Waals surface area contributed by atoms with E-state index < -0.39 is 13.9 Å². The minimum absolute atomic E-state index is 0.0898. The summed E-state index contributed by atoms with van der Waals surface area (Å²) >= 11 is 0. The number of hydrogen-bond acceptors (Lipinski definition) is 7. The monoisotopic (exact) mass is 846 g/mol. The zero-order valence-corrected chi connectivity index (χ0v) is 39.7. The molecule has 0 aliphatic carbocycles. The Hall–Kier alpha value is -0.500. The highest BCUT2D eigenvalue weighted by atomic mass is 31.2. The SMILES string of the molecule is CCCCCCCCCCCCCCCCCCCCCCCCCC(=O)OC(COCCCCCCCCCCCCCCCCCC)COP(=O)(O)OCCN. The summed E-state index contributed by atoms with van der Waals surface area (Å²) in [4.78, 5) is 22.6. The van der Waals surface area contributed by atoms with Gasteiger partial charge in [-0.2, -0.15) is 0 Å². The number of hydrogen-bond donors (Lipinski definition) is 2. The molecule has 58 heavy (non-hydrogen) atoms. The summed E-state index contributed by atoms with van der Waals surface area (Å²) in [6, 6.07) is 0. The van der Waals surface area contributed by atoms with Gasteiger partial charge in [0.2, 0.25) is 0 Å². The average molecular weight is 846 g/mol. The predicted molar refractivity (Wildman–Crippen MR) is 248 cm³/mol. The van der Waals surface area contributed by atoms with Gasteiger partial charge in [-0.3, -0.25) is 13.8 Å². The maximum Gasteiger partial charge on any atom is 0.472 e. The lowest BCUT2D eigenvalue weighted by atomic mass is 10.0.